The zero-order chi connectivity index (χ0) is 16.7. The number of likely N-dealkylation sites (N-methyl/N-ethyl adjacent to an activating group) is 1. The van der Waals surface area contributed by atoms with Crippen LogP contribution in [0.5, 0.6) is 0 Å². The van der Waals surface area contributed by atoms with Gasteiger partial charge < -0.3 is 16.0 Å². The average Bonchev–Trinajstić information content (AvgIpc) is 3.13. The SMILES string of the molecule is CCNC(=NCC1CCCN1CC)NCCN1C(=O)CNC1=O. The molecule has 23 heavy (non-hydrogen) atoms. The largest absolute Gasteiger partial charge is 0.357 e. The number of guanidine groups is 1. The Morgan fingerprint density at radius 1 is 1.35 bits per heavy atom. The van der Waals surface area contributed by atoms with Gasteiger partial charge in [0.25, 0.3) is 0 Å². The third kappa shape index (κ3) is 4.82. The normalized spacial score (nSPS) is 22.6. The molecule has 0 aliphatic carbocycles. The third-order valence-electron chi connectivity index (χ3n) is 4.27. The third-order valence-corrected chi connectivity index (χ3v) is 4.27. The van der Waals surface area contributed by atoms with Gasteiger partial charge in [0.1, 0.15) is 0 Å². The van der Waals surface area contributed by atoms with E-state index in [-0.39, 0.29) is 18.5 Å². The van der Waals surface area contributed by atoms with Crippen molar-refractivity contribution in [2.45, 2.75) is 32.7 Å². The van der Waals surface area contributed by atoms with E-state index in [0.29, 0.717) is 19.1 Å². The molecular weight excluding hydrogens is 296 g/mol. The van der Waals surface area contributed by atoms with E-state index in [0.717, 1.165) is 32.1 Å². The molecule has 2 rings (SSSR count). The summed E-state index contributed by atoms with van der Waals surface area (Å²) in [5.41, 5.74) is 0. The second-order valence-corrected chi connectivity index (χ2v) is 5.78. The molecule has 3 amide bonds. The lowest BCUT2D eigenvalue weighted by molar-refractivity contribution is -0.124. The van der Waals surface area contributed by atoms with Crippen LogP contribution in [-0.2, 0) is 4.79 Å². The topological polar surface area (TPSA) is 89.1 Å². The molecule has 1 atom stereocenters. The van der Waals surface area contributed by atoms with Crippen molar-refractivity contribution < 1.29 is 9.59 Å². The summed E-state index contributed by atoms with van der Waals surface area (Å²) in [6.07, 6.45) is 2.43. The second kappa shape index (κ2) is 8.71. The van der Waals surface area contributed by atoms with Gasteiger partial charge in [-0.15, -0.1) is 0 Å². The van der Waals surface area contributed by atoms with E-state index in [1.165, 1.54) is 17.7 Å². The quantitative estimate of drug-likeness (QED) is 0.336. The van der Waals surface area contributed by atoms with Gasteiger partial charge in [0.2, 0.25) is 5.91 Å². The number of carbonyl (C=O) groups is 2. The van der Waals surface area contributed by atoms with Crippen LogP contribution in [0.2, 0.25) is 0 Å². The van der Waals surface area contributed by atoms with Crippen molar-refractivity contribution >= 4 is 17.9 Å². The van der Waals surface area contributed by atoms with Crippen LogP contribution in [0, 0.1) is 0 Å². The molecule has 0 bridgehead atoms. The Labute approximate surface area is 137 Å². The highest BCUT2D eigenvalue weighted by Crippen LogP contribution is 2.16. The fourth-order valence-corrected chi connectivity index (χ4v) is 3.02. The molecule has 2 heterocycles. The van der Waals surface area contributed by atoms with Crippen molar-refractivity contribution in [3.05, 3.63) is 0 Å². The van der Waals surface area contributed by atoms with E-state index < -0.39 is 0 Å². The van der Waals surface area contributed by atoms with E-state index in [1.807, 2.05) is 6.92 Å². The minimum absolute atomic E-state index is 0.0987. The molecule has 0 aromatic rings. The average molecular weight is 324 g/mol. The number of imide groups is 1. The number of nitrogens with zero attached hydrogens (tertiary/aromatic N) is 3. The van der Waals surface area contributed by atoms with Gasteiger partial charge in [-0.1, -0.05) is 6.92 Å². The zero-order valence-corrected chi connectivity index (χ0v) is 14.1. The van der Waals surface area contributed by atoms with Gasteiger partial charge in [0, 0.05) is 25.7 Å². The van der Waals surface area contributed by atoms with E-state index in [2.05, 4.69) is 32.8 Å². The Balaban J connectivity index is 1.79. The van der Waals surface area contributed by atoms with Gasteiger partial charge in [-0.05, 0) is 32.9 Å². The maximum absolute atomic E-state index is 11.5. The van der Waals surface area contributed by atoms with Crippen molar-refractivity contribution in [3.63, 3.8) is 0 Å². The van der Waals surface area contributed by atoms with Crippen molar-refractivity contribution in [1.82, 2.24) is 25.8 Å². The van der Waals surface area contributed by atoms with E-state index in [9.17, 15) is 9.59 Å². The molecule has 2 aliphatic heterocycles. The van der Waals surface area contributed by atoms with E-state index >= 15 is 0 Å². The van der Waals surface area contributed by atoms with E-state index in [1.54, 1.807) is 0 Å². The van der Waals surface area contributed by atoms with E-state index in [4.69, 9.17) is 0 Å². The standard InChI is InChI=1S/C15H28N6O2/c1-3-16-14(18-10-12-6-5-8-20(12)4-2)17-7-9-21-13(22)11-19-15(21)23/h12H,3-11H2,1-2H3,(H,19,23)(H2,16,17,18). The Kier molecular flexibility index (Phi) is 6.64. The summed E-state index contributed by atoms with van der Waals surface area (Å²) in [5, 5.41) is 8.91. The summed E-state index contributed by atoms with van der Waals surface area (Å²) in [7, 11) is 0. The molecule has 2 saturated heterocycles. The fraction of sp³-hybridized carbons (Fsp3) is 0.800. The predicted octanol–water partition coefficient (Wildman–Crippen LogP) is -0.422. The summed E-state index contributed by atoms with van der Waals surface area (Å²) in [4.78, 5) is 31.3. The van der Waals surface area contributed by atoms with Crippen molar-refractivity contribution in [2.24, 2.45) is 4.99 Å². The first-order valence-corrected chi connectivity index (χ1v) is 8.50. The molecule has 8 nitrogen and oxygen atoms in total. The number of hydrogen-bond donors (Lipinski definition) is 3. The Hall–Kier alpha value is -1.83. The van der Waals surface area contributed by atoms with Crippen LogP contribution in [0.25, 0.3) is 0 Å². The molecule has 130 valence electrons. The molecule has 0 saturated carbocycles. The number of amides is 3. The number of nitrogens with one attached hydrogen (secondary N) is 3. The molecule has 1 unspecified atom stereocenters. The van der Waals surface area contributed by atoms with Gasteiger partial charge in [-0.25, -0.2) is 4.79 Å². The number of rotatable bonds is 7. The number of aliphatic imine (C=N–C) groups is 1. The predicted molar refractivity (Wildman–Crippen MR) is 89.4 cm³/mol. The molecule has 3 N–H and O–H groups in total. The molecule has 0 spiro atoms. The Bertz CT molecular complexity index is 437. The van der Waals surface area contributed by atoms with Crippen molar-refractivity contribution in [1.29, 1.82) is 0 Å². The molecule has 2 fully saturated rings. The van der Waals surface area contributed by atoms with Crippen LogP contribution in [0.3, 0.4) is 0 Å². The van der Waals surface area contributed by atoms with Gasteiger partial charge in [-0.2, -0.15) is 0 Å². The van der Waals surface area contributed by atoms with Gasteiger partial charge in [-0.3, -0.25) is 19.6 Å². The highest BCUT2D eigenvalue weighted by molar-refractivity contribution is 6.01. The Morgan fingerprint density at radius 2 is 2.17 bits per heavy atom. The van der Waals surface area contributed by atoms with Crippen LogP contribution in [-0.4, -0.2) is 79.6 Å². The van der Waals surface area contributed by atoms with Crippen molar-refractivity contribution in [2.75, 3.05) is 45.8 Å². The number of hydrogen-bond acceptors (Lipinski definition) is 4. The smallest absolute Gasteiger partial charge is 0.324 e. The first-order valence-electron chi connectivity index (χ1n) is 8.50. The number of likely N-dealkylation sites (tertiary alicyclic amines) is 1. The van der Waals surface area contributed by atoms with Gasteiger partial charge in [0.05, 0.1) is 13.1 Å². The lowest BCUT2D eigenvalue weighted by Crippen LogP contribution is -2.44. The Morgan fingerprint density at radius 3 is 2.83 bits per heavy atom. The van der Waals surface area contributed by atoms with Crippen LogP contribution in [0.15, 0.2) is 4.99 Å². The number of carbonyl (C=O) groups excluding carboxylic acids is 2. The van der Waals surface area contributed by atoms with Crippen LogP contribution < -0.4 is 16.0 Å². The number of urea groups is 1. The minimum Gasteiger partial charge on any atom is -0.357 e. The molecule has 0 aromatic heterocycles. The molecule has 0 aromatic carbocycles. The zero-order valence-electron chi connectivity index (χ0n) is 14.1. The van der Waals surface area contributed by atoms with Crippen LogP contribution in [0.1, 0.15) is 26.7 Å². The maximum atomic E-state index is 11.5. The first-order chi connectivity index (χ1) is 11.2. The van der Waals surface area contributed by atoms with Gasteiger partial charge >= 0.3 is 6.03 Å². The second-order valence-electron chi connectivity index (χ2n) is 5.78. The fourth-order valence-electron chi connectivity index (χ4n) is 3.02. The lowest BCUT2D eigenvalue weighted by Gasteiger charge is -2.21. The summed E-state index contributed by atoms with van der Waals surface area (Å²) >= 11 is 0. The van der Waals surface area contributed by atoms with Crippen molar-refractivity contribution in [3.8, 4) is 0 Å². The maximum Gasteiger partial charge on any atom is 0.324 e. The molecular formula is C15H28N6O2. The van der Waals surface area contributed by atoms with Crippen LogP contribution in [0.4, 0.5) is 4.79 Å². The molecule has 8 heteroatoms. The molecule has 2 aliphatic rings. The monoisotopic (exact) mass is 324 g/mol. The first kappa shape index (κ1) is 17.5. The van der Waals surface area contributed by atoms with Gasteiger partial charge in [0.15, 0.2) is 5.96 Å². The lowest BCUT2D eigenvalue weighted by atomic mass is 10.2. The summed E-state index contributed by atoms with van der Waals surface area (Å²) in [5.74, 6) is 0.561. The highest BCUT2D eigenvalue weighted by atomic mass is 16.2. The van der Waals surface area contributed by atoms with Crippen LogP contribution >= 0.6 is 0 Å². The summed E-state index contributed by atoms with van der Waals surface area (Å²) in [6.45, 7) is 8.91. The summed E-state index contributed by atoms with van der Waals surface area (Å²) in [6, 6.07) is 0.199. The minimum atomic E-state index is -0.316. The highest BCUT2D eigenvalue weighted by Gasteiger charge is 2.27. The summed E-state index contributed by atoms with van der Waals surface area (Å²) < 4.78 is 0. The molecule has 0 radical (unpaired) electrons.